The van der Waals surface area contributed by atoms with Crippen molar-refractivity contribution in [2.45, 2.75) is 39.7 Å². The van der Waals surface area contributed by atoms with Crippen LogP contribution in [-0.4, -0.2) is 40.3 Å². The van der Waals surface area contributed by atoms with Gasteiger partial charge in [-0.2, -0.15) is 5.10 Å². The van der Waals surface area contributed by atoms with Crippen LogP contribution in [0.15, 0.2) is 0 Å². The lowest BCUT2D eigenvalue weighted by atomic mass is 9.98. The summed E-state index contributed by atoms with van der Waals surface area (Å²) < 4.78 is 7.00. The zero-order valence-electron chi connectivity index (χ0n) is 13.1. The van der Waals surface area contributed by atoms with E-state index in [4.69, 9.17) is 16.3 Å². The van der Waals surface area contributed by atoms with Gasteiger partial charge >= 0.3 is 5.97 Å². The Labute approximate surface area is 131 Å². The maximum atomic E-state index is 11.9. The van der Waals surface area contributed by atoms with Crippen molar-refractivity contribution < 1.29 is 9.53 Å². The van der Waals surface area contributed by atoms with Crippen molar-refractivity contribution in [2.24, 2.45) is 13.0 Å². The van der Waals surface area contributed by atoms with Gasteiger partial charge in [-0.05, 0) is 32.7 Å². The smallest absolute Gasteiger partial charge is 0.310 e. The fourth-order valence-corrected chi connectivity index (χ4v) is 3.21. The first-order valence-corrected chi connectivity index (χ1v) is 8.03. The first-order chi connectivity index (χ1) is 10.1. The summed E-state index contributed by atoms with van der Waals surface area (Å²) in [7, 11) is 1.92. The highest BCUT2D eigenvalue weighted by Crippen LogP contribution is 2.25. The largest absolute Gasteiger partial charge is 0.466 e. The van der Waals surface area contributed by atoms with Crippen molar-refractivity contribution in [2.75, 3.05) is 19.7 Å². The van der Waals surface area contributed by atoms with Crippen LogP contribution in [-0.2, 0) is 29.5 Å². The Kier molecular flexibility index (Phi) is 5.65. The minimum atomic E-state index is -0.0763. The van der Waals surface area contributed by atoms with Crippen LogP contribution in [0.3, 0.4) is 0 Å². The predicted octanol–water partition coefficient (Wildman–Crippen LogP) is 2.41. The molecule has 0 spiro atoms. The van der Waals surface area contributed by atoms with E-state index in [1.165, 1.54) is 0 Å². The fraction of sp³-hybridized carbons (Fsp3) is 0.733. The van der Waals surface area contributed by atoms with Crippen molar-refractivity contribution in [1.82, 2.24) is 14.7 Å². The van der Waals surface area contributed by atoms with Crippen LogP contribution in [0, 0.1) is 5.92 Å². The van der Waals surface area contributed by atoms with E-state index in [9.17, 15) is 4.79 Å². The monoisotopic (exact) mass is 313 g/mol. The van der Waals surface area contributed by atoms with Crippen molar-refractivity contribution in [3.8, 4) is 0 Å². The van der Waals surface area contributed by atoms with Crippen LogP contribution < -0.4 is 0 Å². The lowest BCUT2D eigenvalue weighted by Gasteiger charge is -2.31. The molecule has 0 N–H and O–H groups in total. The quantitative estimate of drug-likeness (QED) is 0.783. The van der Waals surface area contributed by atoms with Crippen molar-refractivity contribution in [1.29, 1.82) is 0 Å². The number of likely N-dealkylation sites (tertiary alicyclic amines) is 1. The van der Waals surface area contributed by atoms with Gasteiger partial charge in [0.05, 0.1) is 28.9 Å². The van der Waals surface area contributed by atoms with Gasteiger partial charge in [0.1, 0.15) is 0 Å². The Morgan fingerprint density at radius 2 is 2.24 bits per heavy atom. The number of hydrogen-bond acceptors (Lipinski definition) is 4. The first kappa shape index (κ1) is 16.3. The fourth-order valence-electron chi connectivity index (χ4n) is 2.86. The van der Waals surface area contributed by atoms with Gasteiger partial charge in [-0.15, -0.1) is 0 Å². The van der Waals surface area contributed by atoms with Gasteiger partial charge < -0.3 is 4.74 Å². The molecular formula is C15H24ClN3O2. The number of aromatic nitrogens is 2. The number of hydrogen-bond donors (Lipinski definition) is 0. The highest BCUT2D eigenvalue weighted by atomic mass is 35.5. The number of esters is 1. The molecule has 1 aromatic rings. The predicted molar refractivity (Wildman–Crippen MR) is 82.2 cm³/mol. The maximum Gasteiger partial charge on any atom is 0.310 e. The summed E-state index contributed by atoms with van der Waals surface area (Å²) in [6.45, 7) is 6.80. The van der Waals surface area contributed by atoms with Crippen LogP contribution in [0.5, 0.6) is 0 Å². The number of carbonyl (C=O) groups is 1. The molecule has 0 radical (unpaired) electrons. The van der Waals surface area contributed by atoms with Crippen molar-refractivity contribution in [3.63, 3.8) is 0 Å². The molecule has 1 aliphatic heterocycles. The van der Waals surface area contributed by atoms with E-state index in [-0.39, 0.29) is 11.9 Å². The molecule has 2 rings (SSSR count). The summed E-state index contributed by atoms with van der Waals surface area (Å²) in [6, 6.07) is 0. The third-order valence-electron chi connectivity index (χ3n) is 4.00. The van der Waals surface area contributed by atoms with Crippen molar-refractivity contribution in [3.05, 3.63) is 16.4 Å². The Bertz CT molecular complexity index is 501. The zero-order valence-corrected chi connectivity index (χ0v) is 13.8. The van der Waals surface area contributed by atoms with Crippen molar-refractivity contribution >= 4 is 17.6 Å². The molecule has 0 aliphatic carbocycles. The van der Waals surface area contributed by atoms with E-state index in [0.29, 0.717) is 6.61 Å². The molecule has 5 nitrogen and oxygen atoms in total. The standard InChI is InChI=1S/C15H24ClN3O2/c1-4-12-14(16)13(18(3)17-12)10-19-8-6-7-11(9-19)15(20)21-5-2/h11H,4-10H2,1-3H3/t11-/m1/s1. The molecule has 21 heavy (non-hydrogen) atoms. The van der Waals surface area contributed by atoms with E-state index in [1.807, 2.05) is 18.7 Å². The minimum absolute atomic E-state index is 0.0173. The molecule has 1 fully saturated rings. The molecule has 1 atom stereocenters. The number of carbonyl (C=O) groups excluding carboxylic acids is 1. The summed E-state index contributed by atoms with van der Waals surface area (Å²) in [4.78, 5) is 14.2. The molecule has 118 valence electrons. The number of piperidine rings is 1. The van der Waals surface area contributed by atoms with E-state index in [1.54, 1.807) is 0 Å². The second-order valence-electron chi connectivity index (χ2n) is 5.51. The van der Waals surface area contributed by atoms with Crippen LogP contribution >= 0.6 is 11.6 Å². The van der Waals surface area contributed by atoms with Gasteiger partial charge in [0.15, 0.2) is 0 Å². The average Bonchev–Trinajstić information content (AvgIpc) is 2.75. The van der Waals surface area contributed by atoms with Gasteiger partial charge in [0.25, 0.3) is 0 Å². The lowest BCUT2D eigenvalue weighted by Crippen LogP contribution is -2.39. The Morgan fingerprint density at radius 1 is 1.48 bits per heavy atom. The highest BCUT2D eigenvalue weighted by molar-refractivity contribution is 6.31. The molecule has 0 saturated carbocycles. The molecule has 1 aromatic heterocycles. The normalized spacial score (nSPS) is 19.7. The van der Waals surface area contributed by atoms with E-state index < -0.39 is 0 Å². The van der Waals surface area contributed by atoms with Crippen LogP contribution in [0.2, 0.25) is 5.02 Å². The molecule has 6 heteroatoms. The maximum absolute atomic E-state index is 11.9. The lowest BCUT2D eigenvalue weighted by molar-refractivity contribution is -0.150. The van der Waals surface area contributed by atoms with Gasteiger partial charge in [-0.25, -0.2) is 0 Å². The summed E-state index contributed by atoms with van der Waals surface area (Å²) in [5.41, 5.74) is 1.96. The second kappa shape index (κ2) is 7.27. The number of halogens is 1. The number of ether oxygens (including phenoxy) is 1. The molecule has 1 aliphatic rings. The Morgan fingerprint density at radius 3 is 2.86 bits per heavy atom. The van der Waals surface area contributed by atoms with Gasteiger partial charge in [0.2, 0.25) is 0 Å². The molecule has 0 aromatic carbocycles. The van der Waals surface area contributed by atoms with E-state index in [2.05, 4.69) is 16.9 Å². The number of nitrogens with zero attached hydrogens (tertiary/aromatic N) is 3. The third kappa shape index (κ3) is 3.77. The highest BCUT2D eigenvalue weighted by Gasteiger charge is 2.28. The van der Waals surface area contributed by atoms with E-state index in [0.717, 1.165) is 55.3 Å². The molecule has 1 saturated heterocycles. The Balaban J connectivity index is 2.03. The summed E-state index contributed by atoms with van der Waals surface area (Å²) in [6.07, 6.45) is 2.76. The summed E-state index contributed by atoms with van der Waals surface area (Å²) >= 11 is 6.40. The van der Waals surface area contributed by atoms with Crippen LogP contribution in [0.1, 0.15) is 38.1 Å². The third-order valence-corrected chi connectivity index (χ3v) is 4.44. The van der Waals surface area contributed by atoms with Crippen LogP contribution in [0.4, 0.5) is 0 Å². The molecule has 0 amide bonds. The van der Waals surface area contributed by atoms with Gasteiger partial charge in [-0.3, -0.25) is 14.4 Å². The number of rotatable bonds is 5. The topological polar surface area (TPSA) is 47.4 Å². The summed E-state index contributed by atoms with van der Waals surface area (Å²) in [5, 5.41) is 5.21. The number of aryl methyl sites for hydroxylation is 2. The van der Waals surface area contributed by atoms with Gasteiger partial charge in [0, 0.05) is 20.1 Å². The molecule has 0 bridgehead atoms. The Hall–Kier alpha value is -1.07. The molecule has 0 unspecified atom stereocenters. The van der Waals surface area contributed by atoms with Gasteiger partial charge in [-0.1, -0.05) is 18.5 Å². The van der Waals surface area contributed by atoms with Crippen LogP contribution in [0.25, 0.3) is 0 Å². The molecule has 2 heterocycles. The SMILES string of the molecule is CCOC(=O)[C@@H]1CCCN(Cc2c(Cl)c(CC)nn2C)C1. The molecular weight excluding hydrogens is 290 g/mol. The average molecular weight is 314 g/mol. The second-order valence-corrected chi connectivity index (χ2v) is 5.89. The zero-order chi connectivity index (χ0) is 15.4. The summed E-state index contributed by atoms with van der Waals surface area (Å²) in [5.74, 6) is -0.0936. The minimum Gasteiger partial charge on any atom is -0.466 e. The van der Waals surface area contributed by atoms with E-state index >= 15 is 0 Å². The first-order valence-electron chi connectivity index (χ1n) is 7.66.